The van der Waals surface area contributed by atoms with Crippen molar-refractivity contribution >= 4 is 37.3 Å². The smallest absolute Gasteiger partial charge is 0.273 e. The number of hydrogen-bond acceptors (Lipinski definition) is 4. The van der Waals surface area contributed by atoms with Crippen LogP contribution < -0.4 is 4.72 Å². The lowest BCUT2D eigenvalue weighted by Gasteiger charge is -2.09. The zero-order valence-electron chi connectivity index (χ0n) is 11.2. The van der Waals surface area contributed by atoms with E-state index in [9.17, 15) is 22.9 Å². The van der Waals surface area contributed by atoms with Gasteiger partial charge in [-0.15, -0.1) is 0 Å². The van der Waals surface area contributed by atoms with E-state index in [4.69, 9.17) is 0 Å². The van der Waals surface area contributed by atoms with Crippen LogP contribution in [0.2, 0.25) is 0 Å². The fourth-order valence-electron chi connectivity index (χ4n) is 1.69. The van der Waals surface area contributed by atoms with Gasteiger partial charge in [0.15, 0.2) is 0 Å². The number of hydrogen-bond donors (Lipinski definition) is 1. The van der Waals surface area contributed by atoms with E-state index >= 15 is 0 Å². The molecule has 0 spiro atoms. The maximum atomic E-state index is 13.4. The molecule has 2 aromatic rings. The molecule has 6 nitrogen and oxygen atoms in total. The van der Waals surface area contributed by atoms with Gasteiger partial charge in [-0.1, -0.05) is 17.7 Å². The summed E-state index contributed by atoms with van der Waals surface area (Å²) in [5, 5.41) is 10.9. The molecule has 22 heavy (non-hydrogen) atoms. The first kappa shape index (κ1) is 16.4. The Morgan fingerprint density at radius 2 is 1.82 bits per heavy atom. The van der Waals surface area contributed by atoms with E-state index in [1.807, 2.05) is 0 Å². The number of nitrogens with one attached hydrogen (secondary N) is 1. The predicted octanol–water partition coefficient (Wildman–Crippen LogP) is 3.61. The Balaban J connectivity index is 2.47. The second-order valence-electron chi connectivity index (χ2n) is 4.46. The number of aryl methyl sites for hydroxylation is 1. The fourth-order valence-corrected chi connectivity index (χ4v) is 3.10. The number of sulfonamides is 1. The Bertz CT molecular complexity index is 838. The van der Waals surface area contributed by atoms with Gasteiger partial charge in [-0.25, -0.2) is 12.8 Å². The van der Waals surface area contributed by atoms with E-state index in [0.717, 1.165) is 11.6 Å². The van der Waals surface area contributed by atoms with Crippen LogP contribution in [0.3, 0.4) is 0 Å². The summed E-state index contributed by atoms with van der Waals surface area (Å²) < 4.78 is 39.9. The highest BCUT2D eigenvalue weighted by Crippen LogP contribution is 2.32. The average molecular weight is 389 g/mol. The molecular weight excluding hydrogens is 379 g/mol. The summed E-state index contributed by atoms with van der Waals surface area (Å²) in [5.41, 5.74) is -0.121. The highest BCUT2D eigenvalue weighted by Gasteiger charge is 2.23. The van der Waals surface area contributed by atoms with Gasteiger partial charge < -0.3 is 0 Å². The van der Waals surface area contributed by atoms with Crippen LogP contribution in [0.15, 0.2) is 45.8 Å². The van der Waals surface area contributed by atoms with Crippen molar-refractivity contribution in [3.63, 3.8) is 0 Å². The fraction of sp³-hybridized carbons (Fsp3) is 0.0769. The molecule has 0 aliphatic rings. The van der Waals surface area contributed by atoms with Crippen LogP contribution in [0.4, 0.5) is 15.8 Å². The molecule has 0 aromatic heterocycles. The minimum absolute atomic E-state index is 0.0483. The van der Waals surface area contributed by atoms with Crippen LogP contribution in [0.1, 0.15) is 5.56 Å². The Morgan fingerprint density at radius 1 is 1.23 bits per heavy atom. The van der Waals surface area contributed by atoms with Gasteiger partial charge in [0.1, 0.15) is 11.5 Å². The molecule has 0 heterocycles. The normalized spacial score (nSPS) is 11.2. The summed E-state index contributed by atoms with van der Waals surface area (Å²) in [5.74, 6) is -0.856. The quantitative estimate of drug-likeness (QED) is 0.639. The van der Waals surface area contributed by atoms with Crippen molar-refractivity contribution in [1.29, 1.82) is 0 Å². The first-order chi connectivity index (χ1) is 10.2. The largest absolute Gasteiger partial charge is 0.296 e. The Hall–Kier alpha value is -2.00. The Kier molecular flexibility index (Phi) is 4.47. The molecule has 0 unspecified atom stereocenters. The Morgan fingerprint density at radius 3 is 2.36 bits per heavy atom. The topological polar surface area (TPSA) is 89.3 Å². The van der Waals surface area contributed by atoms with Gasteiger partial charge in [-0.05, 0) is 41.1 Å². The van der Waals surface area contributed by atoms with E-state index in [-0.39, 0.29) is 15.1 Å². The van der Waals surface area contributed by atoms with Crippen LogP contribution in [-0.2, 0) is 10.0 Å². The average Bonchev–Trinajstić information content (AvgIpc) is 2.42. The summed E-state index contributed by atoms with van der Waals surface area (Å²) in [6, 6.07) is 7.62. The summed E-state index contributed by atoms with van der Waals surface area (Å²) in [6.45, 7) is 1.80. The molecule has 0 radical (unpaired) electrons. The molecule has 0 atom stereocenters. The number of nitro groups is 1. The maximum absolute atomic E-state index is 13.4. The van der Waals surface area contributed by atoms with Crippen molar-refractivity contribution in [1.82, 2.24) is 0 Å². The van der Waals surface area contributed by atoms with Gasteiger partial charge in [0.05, 0.1) is 20.4 Å². The monoisotopic (exact) mass is 388 g/mol. The molecular formula is C13H10BrFN2O4S. The number of anilines is 1. The molecule has 9 heteroatoms. The molecule has 1 N–H and O–H groups in total. The van der Waals surface area contributed by atoms with Crippen molar-refractivity contribution < 1.29 is 17.7 Å². The number of halogens is 2. The van der Waals surface area contributed by atoms with Crippen LogP contribution in [-0.4, -0.2) is 13.3 Å². The van der Waals surface area contributed by atoms with Gasteiger partial charge in [-0.2, -0.15) is 0 Å². The Labute approximate surface area is 134 Å². The number of benzene rings is 2. The van der Waals surface area contributed by atoms with E-state index < -0.39 is 26.5 Å². The summed E-state index contributed by atoms with van der Waals surface area (Å²) >= 11 is 2.87. The lowest BCUT2D eigenvalue weighted by atomic mass is 10.2. The zero-order valence-corrected chi connectivity index (χ0v) is 13.6. The second kappa shape index (κ2) is 6.01. The van der Waals surface area contributed by atoms with E-state index in [0.29, 0.717) is 6.07 Å². The van der Waals surface area contributed by atoms with Gasteiger partial charge in [0.25, 0.3) is 15.7 Å². The first-order valence-corrected chi connectivity index (χ1v) is 8.21. The van der Waals surface area contributed by atoms with Crippen LogP contribution in [0.25, 0.3) is 0 Å². The van der Waals surface area contributed by atoms with Gasteiger partial charge in [0.2, 0.25) is 0 Å². The summed E-state index contributed by atoms with van der Waals surface area (Å²) in [6.07, 6.45) is 0. The van der Waals surface area contributed by atoms with Gasteiger partial charge in [-0.3, -0.25) is 14.8 Å². The maximum Gasteiger partial charge on any atom is 0.296 e. The standard InChI is InChI=1S/C13H10BrFN2O4S/c1-8-2-4-9(5-3-8)22(20,21)16-12-6-10(14)11(15)7-13(12)17(18)19/h2-7,16H,1H3. The second-order valence-corrected chi connectivity index (χ2v) is 7.00. The first-order valence-electron chi connectivity index (χ1n) is 5.93. The lowest BCUT2D eigenvalue weighted by Crippen LogP contribution is -2.14. The molecule has 0 fully saturated rings. The summed E-state index contributed by atoms with van der Waals surface area (Å²) in [4.78, 5) is 10.0. The highest BCUT2D eigenvalue weighted by atomic mass is 79.9. The van der Waals surface area contributed by atoms with Crippen molar-refractivity contribution in [3.05, 3.63) is 62.4 Å². The van der Waals surface area contributed by atoms with Gasteiger partial charge in [0, 0.05) is 0 Å². The van der Waals surface area contributed by atoms with Crippen molar-refractivity contribution in [3.8, 4) is 0 Å². The molecule has 0 amide bonds. The van der Waals surface area contributed by atoms with Crippen molar-refractivity contribution in [2.75, 3.05) is 4.72 Å². The molecule has 0 aliphatic carbocycles. The molecule has 2 rings (SSSR count). The number of nitro benzene ring substituents is 1. The molecule has 0 saturated heterocycles. The zero-order chi connectivity index (χ0) is 16.5. The molecule has 2 aromatic carbocycles. The van der Waals surface area contributed by atoms with Gasteiger partial charge >= 0.3 is 0 Å². The highest BCUT2D eigenvalue weighted by molar-refractivity contribution is 9.10. The minimum atomic E-state index is -4.01. The van der Waals surface area contributed by atoms with Crippen LogP contribution in [0.5, 0.6) is 0 Å². The van der Waals surface area contributed by atoms with Crippen molar-refractivity contribution in [2.45, 2.75) is 11.8 Å². The van der Waals surface area contributed by atoms with Crippen molar-refractivity contribution in [2.24, 2.45) is 0 Å². The van der Waals surface area contributed by atoms with E-state index in [2.05, 4.69) is 20.7 Å². The molecule has 0 bridgehead atoms. The number of rotatable bonds is 4. The number of nitrogens with zero attached hydrogens (tertiary/aromatic N) is 1. The van der Waals surface area contributed by atoms with Crippen LogP contribution in [0, 0.1) is 22.9 Å². The van der Waals surface area contributed by atoms with Crippen LogP contribution >= 0.6 is 15.9 Å². The summed E-state index contributed by atoms with van der Waals surface area (Å²) in [7, 11) is -4.01. The van der Waals surface area contributed by atoms with E-state index in [1.54, 1.807) is 19.1 Å². The third-order valence-corrected chi connectivity index (χ3v) is 4.80. The third-order valence-electron chi connectivity index (χ3n) is 2.81. The minimum Gasteiger partial charge on any atom is -0.273 e. The third kappa shape index (κ3) is 3.42. The lowest BCUT2D eigenvalue weighted by molar-refractivity contribution is -0.384. The molecule has 116 valence electrons. The van der Waals surface area contributed by atoms with E-state index in [1.165, 1.54) is 12.1 Å². The predicted molar refractivity (Wildman–Crippen MR) is 82.7 cm³/mol. The molecule has 0 aliphatic heterocycles. The SMILES string of the molecule is Cc1ccc(S(=O)(=O)Nc2cc(Br)c(F)cc2[N+](=O)[O-])cc1. The molecule has 0 saturated carbocycles.